The fourth-order valence-corrected chi connectivity index (χ4v) is 6.10. The summed E-state index contributed by atoms with van der Waals surface area (Å²) in [7, 11) is 2.94. The van der Waals surface area contributed by atoms with Crippen LogP contribution in [0.25, 0.3) is 0 Å². The van der Waals surface area contributed by atoms with Crippen molar-refractivity contribution in [2.45, 2.75) is 51.4 Å². The molecular weight excluding hydrogens is 577 g/mol. The van der Waals surface area contributed by atoms with E-state index in [1.54, 1.807) is 0 Å². The van der Waals surface area contributed by atoms with Crippen LogP contribution in [0.3, 0.4) is 0 Å². The molecule has 3 aromatic rings. The van der Waals surface area contributed by atoms with Crippen molar-refractivity contribution in [1.29, 1.82) is 0 Å². The van der Waals surface area contributed by atoms with E-state index in [0.717, 1.165) is 36.3 Å². The number of carbonyl (C=O) groups is 2. The summed E-state index contributed by atoms with van der Waals surface area (Å²) in [6.45, 7) is 2.30. The van der Waals surface area contributed by atoms with E-state index in [9.17, 15) is 27.9 Å². The summed E-state index contributed by atoms with van der Waals surface area (Å²) in [4.78, 5) is 29.3. The largest absolute Gasteiger partial charge is 0.478 e. The topological polar surface area (TPSA) is 116 Å². The molecule has 42 heavy (non-hydrogen) atoms. The summed E-state index contributed by atoms with van der Waals surface area (Å²) < 4.78 is 57.9. The van der Waals surface area contributed by atoms with Gasteiger partial charge in [-0.25, -0.2) is 4.79 Å². The van der Waals surface area contributed by atoms with Crippen molar-refractivity contribution in [3.05, 3.63) is 52.7 Å². The van der Waals surface area contributed by atoms with Gasteiger partial charge < -0.3 is 24.2 Å². The number of aromatic carboxylic acids is 1. The van der Waals surface area contributed by atoms with Crippen LogP contribution in [0.15, 0.2) is 36.7 Å². The third-order valence-electron chi connectivity index (χ3n) is 7.17. The zero-order chi connectivity index (χ0) is 30.4. The molecule has 0 atom stereocenters. The molecule has 1 aliphatic rings. The lowest BCUT2D eigenvalue weighted by Crippen LogP contribution is -2.49. The van der Waals surface area contributed by atoms with Gasteiger partial charge in [-0.2, -0.15) is 28.2 Å². The van der Waals surface area contributed by atoms with E-state index in [1.807, 2.05) is 0 Å². The molecule has 1 saturated carbocycles. The van der Waals surface area contributed by atoms with Crippen LogP contribution < -0.4 is 9.64 Å². The molecule has 2 heterocycles. The number of carboxylic acids is 1. The lowest BCUT2D eigenvalue weighted by atomic mass is 9.82. The number of thiophene rings is 1. The van der Waals surface area contributed by atoms with Gasteiger partial charge >= 0.3 is 12.1 Å². The number of alkyl halides is 3. The molecule has 0 saturated heterocycles. The number of ether oxygens (including phenoxy) is 3. The van der Waals surface area contributed by atoms with Crippen molar-refractivity contribution in [3.8, 4) is 10.8 Å². The Kier molecular flexibility index (Phi) is 10.2. The summed E-state index contributed by atoms with van der Waals surface area (Å²) in [5.74, 6) is -1.55. The highest BCUT2D eigenvalue weighted by atomic mass is 32.1. The van der Waals surface area contributed by atoms with Gasteiger partial charge in [0.05, 0.1) is 49.4 Å². The van der Waals surface area contributed by atoms with E-state index >= 15 is 0 Å². The van der Waals surface area contributed by atoms with E-state index in [1.165, 1.54) is 48.4 Å². The Balaban J connectivity index is 1.71. The Bertz CT molecular complexity index is 1350. The van der Waals surface area contributed by atoms with Crippen LogP contribution in [0.4, 0.5) is 18.9 Å². The lowest BCUT2D eigenvalue weighted by Gasteiger charge is -2.36. The monoisotopic (exact) mass is 610 g/mol. The fraction of sp³-hybridized carbons (Fsp3) is 0.500. The predicted molar refractivity (Wildman–Crippen MR) is 148 cm³/mol. The van der Waals surface area contributed by atoms with Gasteiger partial charge in [-0.15, -0.1) is 11.3 Å². The third-order valence-corrected chi connectivity index (χ3v) is 8.17. The molecule has 1 aromatic carbocycles. The molecule has 0 spiro atoms. The minimum Gasteiger partial charge on any atom is -0.478 e. The Labute approximate surface area is 245 Å². The molecule has 4 rings (SSSR count). The highest BCUT2D eigenvalue weighted by Gasteiger charge is 2.38. The van der Waals surface area contributed by atoms with Crippen LogP contribution in [0, 0.1) is 11.8 Å². The van der Waals surface area contributed by atoms with Crippen LogP contribution in [-0.4, -0.2) is 65.5 Å². The van der Waals surface area contributed by atoms with Gasteiger partial charge in [-0.1, -0.05) is 6.92 Å². The number of hydrogen-bond acceptors (Lipinski definition) is 8. The molecule has 1 amide bonds. The average molecular weight is 611 g/mol. The fourth-order valence-electron chi connectivity index (χ4n) is 5.09. The van der Waals surface area contributed by atoms with Crippen molar-refractivity contribution < 1.29 is 42.1 Å². The number of carboxylic acid groups (broad SMARTS) is 1. The Morgan fingerprint density at radius 1 is 1.10 bits per heavy atom. The van der Waals surface area contributed by atoms with Crippen LogP contribution in [0.5, 0.6) is 10.8 Å². The Hall–Kier alpha value is -3.49. The standard InChI is InChI=1S/C28H33F3N4O6S/c1-17-4-6-18(7-5-17)25(36)35(19(15-39-2)16-40-3)24-9-8-20(12-22(24)26(37)38)41-27-23(28(29,30)31)13-21(42-27)14-34-32-10-11-33-34/h8-13,17-19H,4-7,14-16H2,1-3H3,(H,37,38). The third kappa shape index (κ3) is 7.47. The van der Waals surface area contributed by atoms with E-state index in [-0.39, 0.29) is 48.6 Å². The maximum atomic E-state index is 13.9. The first-order valence-electron chi connectivity index (χ1n) is 13.4. The first-order valence-corrected chi connectivity index (χ1v) is 14.2. The highest BCUT2D eigenvalue weighted by Crippen LogP contribution is 2.44. The maximum Gasteiger partial charge on any atom is 0.420 e. The number of rotatable bonds is 12. The molecule has 14 heteroatoms. The van der Waals surface area contributed by atoms with Crippen molar-refractivity contribution in [1.82, 2.24) is 15.0 Å². The highest BCUT2D eigenvalue weighted by molar-refractivity contribution is 7.14. The van der Waals surface area contributed by atoms with Crippen molar-refractivity contribution in [2.75, 3.05) is 32.3 Å². The van der Waals surface area contributed by atoms with Gasteiger partial charge in [0.25, 0.3) is 0 Å². The van der Waals surface area contributed by atoms with Crippen molar-refractivity contribution in [2.24, 2.45) is 11.8 Å². The molecule has 10 nitrogen and oxygen atoms in total. The minimum absolute atomic E-state index is 0.000818. The van der Waals surface area contributed by atoms with Crippen molar-refractivity contribution in [3.63, 3.8) is 0 Å². The van der Waals surface area contributed by atoms with E-state index < -0.39 is 28.8 Å². The lowest BCUT2D eigenvalue weighted by molar-refractivity contribution is -0.138. The number of nitrogens with zero attached hydrogens (tertiary/aromatic N) is 4. The summed E-state index contributed by atoms with van der Waals surface area (Å²) in [6, 6.07) is 4.20. The quantitative estimate of drug-likeness (QED) is 0.277. The number of carbonyl (C=O) groups excluding carboxylic acids is 1. The van der Waals surface area contributed by atoms with Crippen molar-refractivity contribution >= 4 is 28.9 Å². The Morgan fingerprint density at radius 2 is 1.74 bits per heavy atom. The van der Waals surface area contributed by atoms with Gasteiger partial charge in [0.2, 0.25) is 5.91 Å². The molecule has 2 aromatic heterocycles. The number of benzene rings is 1. The van der Waals surface area contributed by atoms with Gasteiger partial charge in [0, 0.05) is 25.0 Å². The molecule has 0 aliphatic heterocycles. The van der Waals surface area contributed by atoms with Crippen LogP contribution in [0.1, 0.15) is 53.4 Å². The zero-order valence-corrected chi connectivity index (χ0v) is 24.3. The second-order valence-electron chi connectivity index (χ2n) is 10.3. The second kappa shape index (κ2) is 13.7. The summed E-state index contributed by atoms with van der Waals surface area (Å²) >= 11 is 0.758. The number of hydrogen-bond donors (Lipinski definition) is 1. The normalized spacial score (nSPS) is 17.4. The van der Waals surface area contributed by atoms with Crippen LogP contribution in [-0.2, 0) is 27.0 Å². The first-order chi connectivity index (χ1) is 20.0. The predicted octanol–water partition coefficient (Wildman–Crippen LogP) is 5.72. The van der Waals surface area contributed by atoms with E-state index in [0.29, 0.717) is 23.6 Å². The van der Waals surface area contributed by atoms with Gasteiger partial charge in [0.1, 0.15) is 11.3 Å². The SMILES string of the molecule is COCC(COC)N(C(=O)C1CCC(C)CC1)c1ccc(Oc2sc(Cn3nccn3)cc2C(F)(F)F)cc1C(=O)O. The zero-order valence-electron chi connectivity index (χ0n) is 23.5. The van der Waals surface area contributed by atoms with Gasteiger partial charge in [-0.05, 0) is 55.9 Å². The second-order valence-corrected chi connectivity index (χ2v) is 11.4. The molecule has 0 bridgehead atoms. The van der Waals surface area contributed by atoms with Crippen LogP contribution in [0.2, 0.25) is 0 Å². The molecule has 1 aliphatic carbocycles. The van der Waals surface area contributed by atoms with E-state index in [4.69, 9.17) is 14.2 Å². The number of amides is 1. The molecular formula is C28H33F3N4O6S. The van der Waals surface area contributed by atoms with Gasteiger partial charge in [0.15, 0.2) is 5.06 Å². The summed E-state index contributed by atoms with van der Waals surface area (Å²) in [5, 5.41) is 17.5. The molecule has 228 valence electrons. The average Bonchev–Trinajstić information content (AvgIpc) is 3.60. The Morgan fingerprint density at radius 3 is 2.31 bits per heavy atom. The number of anilines is 1. The molecule has 0 radical (unpaired) electrons. The molecule has 1 fully saturated rings. The summed E-state index contributed by atoms with van der Waals surface area (Å²) in [5.41, 5.74) is -1.21. The number of halogens is 3. The summed E-state index contributed by atoms with van der Waals surface area (Å²) in [6.07, 6.45) is 1.20. The number of aromatic nitrogens is 3. The van der Waals surface area contributed by atoms with Gasteiger partial charge in [-0.3, -0.25) is 4.79 Å². The van der Waals surface area contributed by atoms with Crippen LogP contribution >= 0.6 is 11.3 Å². The molecule has 1 N–H and O–H groups in total. The van der Waals surface area contributed by atoms with E-state index in [2.05, 4.69) is 17.1 Å². The number of methoxy groups -OCH3 is 2. The minimum atomic E-state index is -4.72. The first kappa shape index (κ1) is 31.4. The smallest absolute Gasteiger partial charge is 0.420 e. The molecule has 0 unspecified atom stereocenters. The maximum absolute atomic E-state index is 13.9.